The fourth-order valence-electron chi connectivity index (χ4n) is 3.52. The van der Waals surface area contributed by atoms with Crippen molar-refractivity contribution in [1.29, 1.82) is 0 Å². The van der Waals surface area contributed by atoms with Gasteiger partial charge in [0.1, 0.15) is 0 Å². The number of nitrogens with zero attached hydrogens (tertiary/aromatic N) is 2. The van der Waals surface area contributed by atoms with Crippen LogP contribution in [0, 0.1) is 0 Å². The lowest BCUT2D eigenvalue weighted by Gasteiger charge is -2.33. The number of aliphatic imine (C=N–C) groups is 1. The van der Waals surface area contributed by atoms with Crippen molar-refractivity contribution in [3.05, 3.63) is 58.3 Å². The highest BCUT2D eigenvalue weighted by molar-refractivity contribution is 14.0. The van der Waals surface area contributed by atoms with E-state index >= 15 is 0 Å². The lowest BCUT2D eigenvalue weighted by molar-refractivity contribution is 0.198. The van der Waals surface area contributed by atoms with Crippen LogP contribution in [-0.2, 0) is 12.0 Å². The second-order valence-corrected chi connectivity index (χ2v) is 8.92. The summed E-state index contributed by atoms with van der Waals surface area (Å²) >= 11 is 1.82. The van der Waals surface area contributed by atoms with Crippen molar-refractivity contribution in [2.24, 2.45) is 4.99 Å². The average molecular weight is 513 g/mol. The van der Waals surface area contributed by atoms with Gasteiger partial charge < -0.3 is 10.6 Å². The van der Waals surface area contributed by atoms with Gasteiger partial charge in [0.2, 0.25) is 0 Å². The normalized spacial score (nSPS) is 16.5. The molecule has 4 nitrogen and oxygen atoms in total. The molecule has 1 aromatic carbocycles. The maximum absolute atomic E-state index is 4.44. The van der Waals surface area contributed by atoms with Crippen molar-refractivity contribution >= 4 is 41.3 Å². The largest absolute Gasteiger partial charge is 0.356 e. The third-order valence-electron chi connectivity index (χ3n) is 5.29. The molecule has 0 radical (unpaired) electrons. The summed E-state index contributed by atoms with van der Waals surface area (Å²) in [6.07, 6.45) is 2.31. The Balaban J connectivity index is 0.00000280. The van der Waals surface area contributed by atoms with Crippen LogP contribution in [0.1, 0.15) is 37.1 Å². The Morgan fingerprint density at radius 2 is 1.86 bits per heavy atom. The molecule has 6 heteroatoms. The summed E-state index contributed by atoms with van der Waals surface area (Å²) in [5.41, 5.74) is 1.50. The number of hydrogen-bond donors (Lipinski definition) is 2. The highest BCUT2D eigenvalue weighted by Crippen LogP contribution is 2.26. The van der Waals surface area contributed by atoms with Crippen LogP contribution in [0.2, 0.25) is 0 Å². The van der Waals surface area contributed by atoms with Crippen LogP contribution < -0.4 is 10.6 Å². The maximum Gasteiger partial charge on any atom is 0.191 e. The second-order valence-electron chi connectivity index (χ2n) is 7.97. The number of piperidine rings is 1. The molecule has 1 saturated heterocycles. The van der Waals surface area contributed by atoms with E-state index in [1.807, 2.05) is 18.4 Å². The van der Waals surface area contributed by atoms with Crippen LogP contribution in [0.3, 0.4) is 0 Å². The predicted octanol–water partition coefficient (Wildman–Crippen LogP) is 4.47. The van der Waals surface area contributed by atoms with Gasteiger partial charge in [-0.1, -0.05) is 50.2 Å². The van der Waals surface area contributed by atoms with Crippen LogP contribution in [0.25, 0.3) is 0 Å². The molecule has 154 valence electrons. The summed E-state index contributed by atoms with van der Waals surface area (Å²) in [6, 6.07) is 15.6. The molecule has 28 heavy (non-hydrogen) atoms. The zero-order valence-corrected chi connectivity index (χ0v) is 20.3. The fraction of sp³-hybridized carbons (Fsp3) is 0.500. The molecule has 0 bridgehead atoms. The van der Waals surface area contributed by atoms with Crippen molar-refractivity contribution in [2.75, 3.05) is 26.7 Å². The molecule has 1 fully saturated rings. The number of halogens is 1. The van der Waals surface area contributed by atoms with E-state index in [0.717, 1.165) is 45.0 Å². The first kappa shape index (κ1) is 23.2. The lowest BCUT2D eigenvalue weighted by atomic mass is 9.91. The summed E-state index contributed by atoms with van der Waals surface area (Å²) in [4.78, 5) is 8.39. The number of likely N-dealkylation sites (tertiary alicyclic amines) is 1. The summed E-state index contributed by atoms with van der Waals surface area (Å²) in [7, 11) is 1.86. The third kappa shape index (κ3) is 6.74. The molecule has 0 aliphatic carbocycles. The first-order chi connectivity index (χ1) is 13.1. The molecule has 2 heterocycles. The van der Waals surface area contributed by atoms with Crippen LogP contribution >= 0.6 is 35.3 Å². The second kappa shape index (κ2) is 11.2. The molecule has 2 N–H and O–H groups in total. The minimum absolute atomic E-state index is 0. The Morgan fingerprint density at radius 1 is 1.14 bits per heavy atom. The van der Waals surface area contributed by atoms with E-state index in [1.165, 1.54) is 10.4 Å². The number of nitrogens with one attached hydrogen (secondary N) is 2. The SMILES string of the molecule is CN=C(NCC(C)(C)c1cccs1)NC1CCN(Cc2ccccc2)CC1.I. The molecule has 0 saturated carbocycles. The molecule has 3 rings (SSSR count). The van der Waals surface area contributed by atoms with Gasteiger partial charge in [0.15, 0.2) is 5.96 Å². The standard InChI is InChI=1S/C22H32N4S.HI/c1-22(2,20-10-7-15-27-20)17-24-21(23-3)25-19-11-13-26(14-12-19)16-18-8-5-4-6-9-18;/h4-10,15,19H,11-14,16-17H2,1-3H3,(H2,23,24,25);1H. The van der Waals surface area contributed by atoms with Gasteiger partial charge in [0, 0.05) is 49.6 Å². The highest BCUT2D eigenvalue weighted by Gasteiger charge is 2.23. The van der Waals surface area contributed by atoms with E-state index in [1.54, 1.807) is 0 Å². The monoisotopic (exact) mass is 512 g/mol. The van der Waals surface area contributed by atoms with Gasteiger partial charge in [-0.3, -0.25) is 9.89 Å². The van der Waals surface area contributed by atoms with Gasteiger partial charge in [-0.15, -0.1) is 35.3 Å². The Morgan fingerprint density at radius 3 is 2.46 bits per heavy atom. The number of benzene rings is 1. The van der Waals surface area contributed by atoms with Gasteiger partial charge >= 0.3 is 0 Å². The molecule has 0 spiro atoms. The molecule has 0 unspecified atom stereocenters. The summed E-state index contributed by atoms with van der Waals surface area (Å²) in [6.45, 7) is 8.74. The number of hydrogen-bond acceptors (Lipinski definition) is 3. The Labute approximate surface area is 190 Å². The number of thiophene rings is 1. The quantitative estimate of drug-likeness (QED) is 0.341. The summed E-state index contributed by atoms with van der Waals surface area (Å²) < 4.78 is 0. The molecule has 0 amide bonds. The molecular weight excluding hydrogens is 479 g/mol. The zero-order chi connectivity index (χ0) is 19.1. The Kier molecular flexibility index (Phi) is 9.24. The van der Waals surface area contributed by atoms with E-state index < -0.39 is 0 Å². The minimum Gasteiger partial charge on any atom is -0.356 e. The van der Waals surface area contributed by atoms with Gasteiger partial charge in [0.25, 0.3) is 0 Å². The average Bonchev–Trinajstić information content (AvgIpc) is 3.23. The minimum atomic E-state index is 0. The van der Waals surface area contributed by atoms with Crippen LogP contribution in [0.15, 0.2) is 52.8 Å². The van der Waals surface area contributed by atoms with E-state index in [2.05, 4.69) is 82.2 Å². The molecule has 2 aromatic rings. The van der Waals surface area contributed by atoms with Crippen molar-refractivity contribution < 1.29 is 0 Å². The third-order valence-corrected chi connectivity index (χ3v) is 6.52. The van der Waals surface area contributed by atoms with Crippen molar-refractivity contribution in [3.63, 3.8) is 0 Å². The summed E-state index contributed by atoms with van der Waals surface area (Å²) in [5, 5.41) is 9.30. The van der Waals surface area contributed by atoms with Gasteiger partial charge in [-0.05, 0) is 29.9 Å². The summed E-state index contributed by atoms with van der Waals surface area (Å²) in [5.74, 6) is 0.918. The Hall–Kier alpha value is -1.12. The highest BCUT2D eigenvalue weighted by atomic mass is 127. The van der Waals surface area contributed by atoms with Crippen molar-refractivity contribution in [1.82, 2.24) is 15.5 Å². The zero-order valence-electron chi connectivity index (χ0n) is 17.1. The van der Waals surface area contributed by atoms with Gasteiger partial charge in [0.05, 0.1) is 0 Å². The fourth-order valence-corrected chi connectivity index (χ4v) is 4.37. The molecule has 1 aliphatic heterocycles. The first-order valence-corrected chi connectivity index (χ1v) is 10.7. The van der Waals surface area contributed by atoms with E-state index in [9.17, 15) is 0 Å². The van der Waals surface area contributed by atoms with Crippen LogP contribution in [0.5, 0.6) is 0 Å². The van der Waals surface area contributed by atoms with Gasteiger partial charge in [-0.2, -0.15) is 0 Å². The predicted molar refractivity (Wildman–Crippen MR) is 132 cm³/mol. The lowest BCUT2D eigenvalue weighted by Crippen LogP contribution is -2.50. The van der Waals surface area contributed by atoms with Crippen molar-refractivity contribution in [3.8, 4) is 0 Å². The molecule has 1 aromatic heterocycles. The van der Waals surface area contributed by atoms with Gasteiger partial charge in [-0.25, -0.2) is 0 Å². The molecular formula is C22H33IN4S. The molecule has 0 atom stereocenters. The number of rotatable bonds is 6. The maximum atomic E-state index is 4.44. The smallest absolute Gasteiger partial charge is 0.191 e. The van der Waals surface area contributed by atoms with E-state index in [4.69, 9.17) is 0 Å². The first-order valence-electron chi connectivity index (χ1n) is 9.84. The number of guanidine groups is 1. The van der Waals surface area contributed by atoms with Crippen LogP contribution in [-0.4, -0.2) is 43.6 Å². The Bertz CT molecular complexity index is 707. The van der Waals surface area contributed by atoms with E-state index in [-0.39, 0.29) is 29.4 Å². The van der Waals surface area contributed by atoms with E-state index in [0.29, 0.717) is 6.04 Å². The molecule has 1 aliphatic rings. The van der Waals surface area contributed by atoms with Crippen molar-refractivity contribution in [2.45, 2.75) is 44.7 Å². The van der Waals surface area contributed by atoms with Crippen LogP contribution in [0.4, 0.5) is 0 Å². The topological polar surface area (TPSA) is 39.7 Å².